The van der Waals surface area contributed by atoms with E-state index in [-0.39, 0.29) is 6.10 Å². The average Bonchev–Trinajstić information content (AvgIpc) is 2.85. The number of rotatable bonds is 7. The number of nitrogens with one attached hydrogen (secondary N) is 2. The molecular weight excluding hydrogens is 256 g/mol. The van der Waals surface area contributed by atoms with Gasteiger partial charge in [-0.2, -0.15) is 9.97 Å². The van der Waals surface area contributed by atoms with Crippen molar-refractivity contribution in [1.29, 1.82) is 0 Å². The molecule has 7 heteroatoms. The maximum Gasteiger partial charge on any atom is 0.226 e. The molecule has 0 bridgehead atoms. The molecular formula is C13H22N6O. The van der Waals surface area contributed by atoms with E-state index in [1.54, 1.807) is 6.33 Å². The van der Waals surface area contributed by atoms with Crippen molar-refractivity contribution < 1.29 is 4.74 Å². The summed E-state index contributed by atoms with van der Waals surface area (Å²) in [6, 6.07) is 0. The molecule has 0 spiro atoms. The fourth-order valence-corrected chi connectivity index (χ4v) is 1.86. The van der Waals surface area contributed by atoms with Gasteiger partial charge in [0.25, 0.3) is 0 Å². The molecule has 0 fully saturated rings. The van der Waals surface area contributed by atoms with Crippen molar-refractivity contribution in [1.82, 2.24) is 19.9 Å². The third-order valence-corrected chi connectivity index (χ3v) is 2.84. The molecule has 0 saturated heterocycles. The lowest BCUT2D eigenvalue weighted by atomic mass is 10.4. The molecule has 2 heterocycles. The van der Waals surface area contributed by atoms with Crippen LogP contribution < -0.4 is 10.2 Å². The maximum atomic E-state index is 5.58. The molecule has 20 heavy (non-hydrogen) atoms. The van der Waals surface area contributed by atoms with Crippen LogP contribution in [-0.2, 0) is 4.74 Å². The van der Waals surface area contributed by atoms with Crippen LogP contribution in [0.5, 0.6) is 0 Å². The van der Waals surface area contributed by atoms with Gasteiger partial charge in [-0.05, 0) is 20.8 Å². The summed E-state index contributed by atoms with van der Waals surface area (Å²) in [5.41, 5.74) is 1.52. The molecule has 0 aliphatic carbocycles. The fraction of sp³-hybridized carbons (Fsp3) is 0.615. The number of aromatic nitrogens is 4. The first-order valence-corrected chi connectivity index (χ1v) is 6.89. The Hall–Kier alpha value is -1.89. The summed E-state index contributed by atoms with van der Waals surface area (Å²) in [5, 5.41) is 3.13. The van der Waals surface area contributed by atoms with Crippen LogP contribution in [0.1, 0.15) is 20.8 Å². The van der Waals surface area contributed by atoms with Crippen molar-refractivity contribution >= 4 is 22.9 Å². The van der Waals surface area contributed by atoms with Crippen LogP contribution in [0, 0.1) is 0 Å². The van der Waals surface area contributed by atoms with Gasteiger partial charge in [-0.1, -0.05) is 0 Å². The Kier molecular flexibility index (Phi) is 4.73. The molecule has 7 nitrogen and oxygen atoms in total. The summed E-state index contributed by atoms with van der Waals surface area (Å²) in [4.78, 5) is 18.2. The highest BCUT2D eigenvalue weighted by molar-refractivity contribution is 5.84. The first-order chi connectivity index (χ1) is 9.61. The van der Waals surface area contributed by atoms with Gasteiger partial charge in [0.15, 0.2) is 11.5 Å². The number of hydrogen-bond acceptors (Lipinski definition) is 6. The smallest absolute Gasteiger partial charge is 0.226 e. The second-order valence-electron chi connectivity index (χ2n) is 4.84. The first-order valence-electron chi connectivity index (χ1n) is 6.89. The molecule has 2 N–H and O–H groups in total. The third kappa shape index (κ3) is 3.36. The predicted molar refractivity (Wildman–Crippen MR) is 80.2 cm³/mol. The largest absolute Gasteiger partial charge is 0.377 e. The Morgan fingerprint density at radius 2 is 2.20 bits per heavy atom. The number of ether oxygens (including phenoxy) is 1. The zero-order chi connectivity index (χ0) is 14.5. The van der Waals surface area contributed by atoms with E-state index >= 15 is 0 Å². The summed E-state index contributed by atoms with van der Waals surface area (Å²) >= 11 is 0. The Balaban J connectivity index is 2.19. The van der Waals surface area contributed by atoms with Gasteiger partial charge in [0.05, 0.1) is 19.0 Å². The summed E-state index contributed by atoms with van der Waals surface area (Å²) in [5.74, 6) is 1.43. The van der Waals surface area contributed by atoms with Gasteiger partial charge < -0.3 is 19.9 Å². The molecule has 0 aliphatic heterocycles. The zero-order valence-corrected chi connectivity index (χ0v) is 12.5. The van der Waals surface area contributed by atoms with E-state index in [4.69, 9.17) is 4.74 Å². The highest BCUT2D eigenvalue weighted by Crippen LogP contribution is 2.21. The van der Waals surface area contributed by atoms with E-state index in [0.29, 0.717) is 18.2 Å². The van der Waals surface area contributed by atoms with Crippen LogP contribution in [0.25, 0.3) is 11.2 Å². The third-order valence-electron chi connectivity index (χ3n) is 2.84. The molecule has 0 radical (unpaired) electrons. The van der Waals surface area contributed by atoms with Gasteiger partial charge in [0, 0.05) is 20.1 Å². The lowest BCUT2D eigenvalue weighted by Gasteiger charge is -2.20. The van der Waals surface area contributed by atoms with Gasteiger partial charge >= 0.3 is 0 Å². The maximum absolute atomic E-state index is 5.58. The van der Waals surface area contributed by atoms with Crippen molar-refractivity contribution in [2.75, 3.05) is 37.0 Å². The minimum atomic E-state index is 0.235. The fourth-order valence-electron chi connectivity index (χ4n) is 1.86. The van der Waals surface area contributed by atoms with E-state index in [2.05, 4.69) is 25.3 Å². The van der Waals surface area contributed by atoms with Crippen molar-refractivity contribution in [3.05, 3.63) is 6.33 Å². The SMILES string of the molecule is CCNc1nc(N(C)CCOC(C)C)c2[nH]cnc2n1. The van der Waals surface area contributed by atoms with Crippen LogP contribution in [-0.4, -0.2) is 52.8 Å². The Bertz CT molecular complexity index is 553. The number of aromatic amines is 1. The van der Waals surface area contributed by atoms with Crippen molar-refractivity contribution in [2.24, 2.45) is 0 Å². The van der Waals surface area contributed by atoms with Gasteiger partial charge in [0.2, 0.25) is 5.95 Å². The van der Waals surface area contributed by atoms with Crippen LogP contribution in [0.2, 0.25) is 0 Å². The molecule has 110 valence electrons. The monoisotopic (exact) mass is 278 g/mol. The van der Waals surface area contributed by atoms with Gasteiger partial charge in [-0.3, -0.25) is 0 Å². The summed E-state index contributed by atoms with van der Waals surface area (Å²) in [6.07, 6.45) is 1.87. The molecule has 0 amide bonds. The van der Waals surface area contributed by atoms with Gasteiger partial charge in [-0.15, -0.1) is 0 Å². The number of imidazole rings is 1. The lowest BCUT2D eigenvalue weighted by Crippen LogP contribution is -2.25. The predicted octanol–water partition coefficient (Wildman–Crippen LogP) is 1.65. The highest BCUT2D eigenvalue weighted by atomic mass is 16.5. The Labute approximate surface area is 118 Å². The van der Waals surface area contributed by atoms with Crippen molar-refractivity contribution in [2.45, 2.75) is 26.9 Å². The normalized spacial score (nSPS) is 11.2. The van der Waals surface area contributed by atoms with E-state index in [1.165, 1.54) is 0 Å². The van der Waals surface area contributed by atoms with Gasteiger partial charge in [0.1, 0.15) is 5.52 Å². The molecule has 2 aromatic rings. The van der Waals surface area contributed by atoms with Crippen LogP contribution in [0.3, 0.4) is 0 Å². The number of anilines is 2. The van der Waals surface area contributed by atoms with Crippen LogP contribution in [0.4, 0.5) is 11.8 Å². The van der Waals surface area contributed by atoms with E-state index in [0.717, 1.165) is 24.4 Å². The number of hydrogen-bond donors (Lipinski definition) is 2. The zero-order valence-electron chi connectivity index (χ0n) is 12.5. The molecule has 0 aliphatic rings. The van der Waals surface area contributed by atoms with Crippen LogP contribution >= 0.6 is 0 Å². The topological polar surface area (TPSA) is 79.0 Å². The summed E-state index contributed by atoms with van der Waals surface area (Å²) in [6.45, 7) is 8.26. The second-order valence-corrected chi connectivity index (χ2v) is 4.84. The van der Waals surface area contributed by atoms with E-state index in [9.17, 15) is 0 Å². The summed E-state index contributed by atoms with van der Waals surface area (Å²) < 4.78 is 5.58. The number of likely N-dealkylation sites (N-methyl/N-ethyl adjacent to an activating group) is 1. The lowest BCUT2D eigenvalue weighted by molar-refractivity contribution is 0.0845. The average molecular weight is 278 g/mol. The first kappa shape index (κ1) is 14.5. The van der Waals surface area contributed by atoms with Crippen molar-refractivity contribution in [3.63, 3.8) is 0 Å². The molecule has 0 unspecified atom stereocenters. The van der Waals surface area contributed by atoms with Crippen molar-refractivity contribution in [3.8, 4) is 0 Å². The van der Waals surface area contributed by atoms with Crippen LogP contribution in [0.15, 0.2) is 6.33 Å². The second kappa shape index (κ2) is 6.51. The van der Waals surface area contributed by atoms with E-state index in [1.807, 2.05) is 32.7 Å². The number of fused-ring (bicyclic) bond motifs is 1. The molecule has 2 rings (SSSR count). The highest BCUT2D eigenvalue weighted by Gasteiger charge is 2.13. The summed E-state index contributed by atoms with van der Waals surface area (Å²) in [7, 11) is 1.99. The molecule has 2 aromatic heterocycles. The Morgan fingerprint density at radius 3 is 2.90 bits per heavy atom. The standard InChI is InChI=1S/C13H22N6O/c1-5-14-13-17-11-10(15-8-16-11)12(18-13)19(4)6-7-20-9(2)3/h8-9H,5-7H2,1-4H3,(H2,14,15,16,17,18). The molecule has 0 aromatic carbocycles. The van der Waals surface area contributed by atoms with E-state index < -0.39 is 0 Å². The van der Waals surface area contributed by atoms with Gasteiger partial charge in [-0.25, -0.2) is 4.98 Å². The Morgan fingerprint density at radius 1 is 1.40 bits per heavy atom. The minimum Gasteiger partial charge on any atom is -0.377 e. The minimum absolute atomic E-state index is 0.235. The number of nitrogens with zero attached hydrogens (tertiary/aromatic N) is 4. The molecule has 0 atom stereocenters. The number of H-pyrrole nitrogens is 1. The quantitative estimate of drug-likeness (QED) is 0.801. The molecule has 0 saturated carbocycles.